The Balaban J connectivity index is 2.02. The Labute approximate surface area is 125 Å². The number of para-hydroxylation sites is 1. The van der Waals surface area contributed by atoms with Gasteiger partial charge in [0.1, 0.15) is 17.1 Å². The first-order valence-electron chi connectivity index (χ1n) is 6.80. The van der Waals surface area contributed by atoms with Crippen LogP contribution in [0.2, 0.25) is 0 Å². The number of aryl methyl sites for hydroxylation is 1. The van der Waals surface area contributed by atoms with Gasteiger partial charge in [-0.3, -0.25) is 0 Å². The third-order valence-corrected chi connectivity index (χ3v) is 3.56. The largest absolute Gasteiger partial charge is 0.508 e. The van der Waals surface area contributed by atoms with Crippen molar-refractivity contribution in [3.8, 4) is 5.75 Å². The van der Waals surface area contributed by atoms with Crippen LogP contribution in [0.1, 0.15) is 11.1 Å². The molecule has 0 radical (unpaired) electrons. The smallest absolute Gasteiger partial charge is 0.336 e. The Morgan fingerprint density at radius 3 is 2.77 bits per heavy atom. The Bertz CT molecular complexity index is 902. The number of phenols is 1. The van der Waals surface area contributed by atoms with E-state index in [4.69, 9.17) is 4.42 Å². The van der Waals surface area contributed by atoms with E-state index in [0.717, 1.165) is 0 Å². The zero-order valence-electron chi connectivity index (χ0n) is 11.9. The van der Waals surface area contributed by atoms with Crippen LogP contribution in [-0.2, 0) is 6.54 Å². The molecule has 2 aromatic carbocycles. The molecule has 4 nitrogen and oxygen atoms in total. The van der Waals surface area contributed by atoms with Gasteiger partial charge in [0.05, 0.1) is 5.69 Å². The lowest BCUT2D eigenvalue weighted by molar-refractivity contribution is 0.468. The van der Waals surface area contributed by atoms with Crippen LogP contribution in [0.5, 0.6) is 5.75 Å². The maximum atomic E-state index is 13.6. The number of hydrogen-bond donors (Lipinski definition) is 2. The number of nitrogens with one attached hydrogen (secondary N) is 1. The molecule has 22 heavy (non-hydrogen) atoms. The van der Waals surface area contributed by atoms with Crippen LogP contribution < -0.4 is 10.9 Å². The van der Waals surface area contributed by atoms with E-state index >= 15 is 0 Å². The summed E-state index contributed by atoms with van der Waals surface area (Å²) in [4.78, 5) is 11.7. The van der Waals surface area contributed by atoms with Crippen LogP contribution in [0.3, 0.4) is 0 Å². The van der Waals surface area contributed by atoms with Crippen molar-refractivity contribution in [2.24, 2.45) is 0 Å². The summed E-state index contributed by atoms with van der Waals surface area (Å²) in [5.41, 5.74) is 1.38. The molecule has 0 bridgehead atoms. The van der Waals surface area contributed by atoms with E-state index in [9.17, 15) is 14.3 Å². The van der Waals surface area contributed by atoms with Gasteiger partial charge in [-0.25, -0.2) is 9.18 Å². The highest BCUT2D eigenvalue weighted by molar-refractivity contribution is 5.85. The summed E-state index contributed by atoms with van der Waals surface area (Å²) in [6.45, 7) is 1.95. The second-order valence-corrected chi connectivity index (χ2v) is 5.01. The summed E-state index contributed by atoms with van der Waals surface area (Å²) in [5.74, 6) is -0.293. The van der Waals surface area contributed by atoms with Gasteiger partial charge in [-0.15, -0.1) is 0 Å². The number of aromatic hydroxyl groups is 1. The topological polar surface area (TPSA) is 62.5 Å². The van der Waals surface area contributed by atoms with Gasteiger partial charge in [-0.1, -0.05) is 12.1 Å². The molecular weight excluding hydrogens is 285 g/mol. The normalized spacial score (nSPS) is 10.8. The molecular formula is C17H14FNO3. The van der Waals surface area contributed by atoms with E-state index in [1.54, 1.807) is 37.3 Å². The standard InChI is InChI=1S/C17H14FNO3/c1-10-15(20)7-6-12-11(8-16(21)22-17(10)12)9-19-14-5-3-2-4-13(14)18/h2-8,19-20H,9H2,1H3. The second-order valence-electron chi connectivity index (χ2n) is 5.01. The fourth-order valence-corrected chi connectivity index (χ4v) is 2.36. The number of benzene rings is 2. The van der Waals surface area contributed by atoms with Gasteiger partial charge in [0.25, 0.3) is 0 Å². The molecule has 5 heteroatoms. The van der Waals surface area contributed by atoms with E-state index < -0.39 is 5.63 Å². The van der Waals surface area contributed by atoms with Crippen molar-refractivity contribution in [1.29, 1.82) is 0 Å². The molecule has 0 atom stereocenters. The monoisotopic (exact) mass is 299 g/mol. The van der Waals surface area contributed by atoms with Gasteiger partial charge in [0, 0.05) is 23.6 Å². The molecule has 1 aromatic heterocycles. The quantitative estimate of drug-likeness (QED) is 0.726. The Morgan fingerprint density at radius 1 is 1.23 bits per heavy atom. The van der Waals surface area contributed by atoms with Gasteiger partial charge in [0.2, 0.25) is 0 Å². The fraction of sp³-hybridized carbons (Fsp3) is 0.118. The molecule has 0 amide bonds. The lowest BCUT2D eigenvalue weighted by Gasteiger charge is -2.10. The number of rotatable bonds is 3. The van der Waals surface area contributed by atoms with Crippen molar-refractivity contribution >= 4 is 16.7 Å². The van der Waals surface area contributed by atoms with Crippen LogP contribution >= 0.6 is 0 Å². The highest BCUT2D eigenvalue weighted by Gasteiger charge is 2.11. The molecule has 0 aliphatic rings. The SMILES string of the molecule is Cc1c(O)ccc2c(CNc3ccccc3F)cc(=O)oc12. The molecule has 0 saturated heterocycles. The number of hydrogen-bond acceptors (Lipinski definition) is 4. The summed E-state index contributed by atoms with van der Waals surface area (Å²) >= 11 is 0. The number of halogens is 1. The predicted molar refractivity (Wildman–Crippen MR) is 82.6 cm³/mol. The van der Waals surface area contributed by atoms with Gasteiger partial charge >= 0.3 is 5.63 Å². The number of phenolic OH excluding ortho intramolecular Hbond substituents is 1. The number of anilines is 1. The molecule has 112 valence electrons. The zero-order valence-corrected chi connectivity index (χ0v) is 11.9. The van der Waals surface area contributed by atoms with Crippen molar-refractivity contribution in [1.82, 2.24) is 0 Å². The van der Waals surface area contributed by atoms with E-state index in [1.807, 2.05) is 0 Å². The first-order chi connectivity index (χ1) is 10.6. The first kappa shape index (κ1) is 14.1. The van der Waals surface area contributed by atoms with Crippen molar-refractivity contribution < 1.29 is 13.9 Å². The molecule has 0 unspecified atom stereocenters. The van der Waals surface area contributed by atoms with Crippen molar-refractivity contribution in [3.63, 3.8) is 0 Å². The molecule has 2 N–H and O–H groups in total. The van der Waals surface area contributed by atoms with Gasteiger partial charge < -0.3 is 14.8 Å². The third-order valence-electron chi connectivity index (χ3n) is 3.56. The van der Waals surface area contributed by atoms with Gasteiger partial charge in [0.15, 0.2) is 0 Å². The van der Waals surface area contributed by atoms with Crippen molar-refractivity contribution in [2.45, 2.75) is 13.5 Å². The predicted octanol–water partition coefficient (Wildman–Crippen LogP) is 3.56. The first-order valence-corrected chi connectivity index (χ1v) is 6.80. The van der Waals surface area contributed by atoms with Crippen LogP contribution in [0.15, 0.2) is 51.7 Å². The molecule has 3 rings (SSSR count). The van der Waals surface area contributed by atoms with E-state index in [2.05, 4.69) is 5.32 Å². The van der Waals surface area contributed by atoms with Crippen LogP contribution in [-0.4, -0.2) is 5.11 Å². The Hall–Kier alpha value is -2.82. The molecule has 0 spiro atoms. The van der Waals surface area contributed by atoms with E-state index in [-0.39, 0.29) is 18.1 Å². The highest BCUT2D eigenvalue weighted by atomic mass is 19.1. The molecule has 0 saturated carbocycles. The van der Waals surface area contributed by atoms with Crippen LogP contribution in [0, 0.1) is 12.7 Å². The van der Waals surface area contributed by atoms with E-state index in [0.29, 0.717) is 27.8 Å². The zero-order chi connectivity index (χ0) is 15.7. The lowest BCUT2D eigenvalue weighted by Crippen LogP contribution is -2.07. The summed E-state index contributed by atoms with van der Waals surface area (Å²) in [5, 5.41) is 13.4. The summed E-state index contributed by atoms with van der Waals surface area (Å²) in [7, 11) is 0. The minimum Gasteiger partial charge on any atom is -0.508 e. The van der Waals surface area contributed by atoms with Crippen molar-refractivity contribution in [3.05, 3.63) is 69.8 Å². The summed E-state index contributed by atoms with van der Waals surface area (Å²) in [6, 6.07) is 10.9. The van der Waals surface area contributed by atoms with Gasteiger partial charge in [-0.2, -0.15) is 0 Å². The molecule has 3 aromatic rings. The van der Waals surface area contributed by atoms with Crippen molar-refractivity contribution in [2.75, 3.05) is 5.32 Å². The Morgan fingerprint density at radius 2 is 2.00 bits per heavy atom. The van der Waals surface area contributed by atoms with Gasteiger partial charge in [-0.05, 0) is 36.8 Å². The maximum absolute atomic E-state index is 13.6. The Kier molecular flexibility index (Phi) is 3.55. The molecule has 0 aliphatic carbocycles. The average molecular weight is 299 g/mol. The lowest BCUT2D eigenvalue weighted by atomic mass is 10.1. The minimum absolute atomic E-state index is 0.0647. The summed E-state index contributed by atoms with van der Waals surface area (Å²) in [6.07, 6.45) is 0. The van der Waals surface area contributed by atoms with Crippen LogP contribution in [0.25, 0.3) is 11.0 Å². The number of fused-ring (bicyclic) bond motifs is 1. The van der Waals surface area contributed by atoms with Crippen LogP contribution in [0.4, 0.5) is 10.1 Å². The average Bonchev–Trinajstić information content (AvgIpc) is 2.50. The summed E-state index contributed by atoms with van der Waals surface area (Å²) < 4.78 is 18.8. The molecule has 1 heterocycles. The maximum Gasteiger partial charge on any atom is 0.336 e. The minimum atomic E-state index is -0.508. The third kappa shape index (κ3) is 2.53. The molecule has 0 aliphatic heterocycles. The fourth-order valence-electron chi connectivity index (χ4n) is 2.36. The second kappa shape index (κ2) is 5.52. The highest BCUT2D eigenvalue weighted by Crippen LogP contribution is 2.27. The van der Waals surface area contributed by atoms with E-state index in [1.165, 1.54) is 12.1 Å². The molecule has 0 fully saturated rings.